The first kappa shape index (κ1) is 10.9. The molecule has 5 heteroatoms. The Morgan fingerprint density at radius 3 is 2.87 bits per heavy atom. The highest BCUT2D eigenvalue weighted by Gasteiger charge is 2.11. The summed E-state index contributed by atoms with van der Waals surface area (Å²) in [5.74, 6) is 0. The molecule has 0 saturated heterocycles. The van der Waals surface area contributed by atoms with Crippen LogP contribution in [0, 0.1) is 21.4 Å². The smallest absolute Gasteiger partial charge is 0.277 e. The maximum Gasteiger partial charge on any atom is 0.277 e. The van der Waals surface area contributed by atoms with E-state index in [0.717, 1.165) is 0 Å². The van der Waals surface area contributed by atoms with Crippen LogP contribution >= 0.6 is 0 Å². The van der Waals surface area contributed by atoms with E-state index in [1.54, 1.807) is 12.2 Å². The van der Waals surface area contributed by atoms with Crippen LogP contribution in [0.1, 0.15) is 11.1 Å². The molecule has 0 saturated carbocycles. The van der Waals surface area contributed by atoms with Crippen LogP contribution in [0.15, 0.2) is 24.3 Å². The van der Waals surface area contributed by atoms with Crippen LogP contribution in [0.5, 0.6) is 0 Å². The van der Waals surface area contributed by atoms with Crippen molar-refractivity contribution in [1.82, 2.24) is 0 Å². The number of nitro groups is 1. The van der Waals surface area contributed by atoms with Gasteiger partial charge in [-0.05, 0) is 12.1 Å². The minimum atomic E-state index is -0.517. The number of hydrogen-bond donors (Lipinski definition) is 1. The highest BCUT2D eigenvalue weighted by atomic mass is 16.6. The lowest BCUT2D eigenvalue weighted by Gasteiger charge is -1.97. The third-order valence-electron chi connectivity index (χ3n) is 1.79. The third kappa shape index (κ3) is 2.62. The minimum absolute atomic E-state index is 0.0845. The molecule has 0 aliphatic carbocycles. The molecule has 5 nitrogen and oxygen atoms in total. The van der Waals surface area contributed by atoms with E-state index < -0.39 is 4.92 Å². The second kappa shape index (κ2) is 4.88. The monoisotopic (exact) mass is 203 g/mol. The first-order valence-corrected chi connectivity index (χ1v) is 4.24. The first-order valence-electron chi connectivity index (χ1n) is 4.24. The van der Waals surface area contributed by atoms with Gasteiger partial charge >= 0.3 is 0 Å². The van der Waals surface area contributed by atoms with Gasteiger partial charge in [0.1, 0.15) is 0 Å². The van der Waals surface area contributed by atoms with Crippen LogP contribution in [0.3, 0.4) is 0 Å². The second-order valence-electron chi connectivity index (χ2n) is 2.78. The predicted octanol–water partition coefficient (Wildman–Crippen LogP) is 1.44. The van der Waals surface area contributed by atoms with Crippen LogP contribution in [-0.4, -0.2) is 11.5 Å². The van der Waals surface area contributed by atoms with Crippen LogP contribution in [0.4, 0.5) is 5.69 Å². The fourth-order valence-electron chi connectivity index (χ4n) is 1.11. The molecule has 76 valence electrons. The summed E-state index contributed by atoms with van der Waals surface area (Å²) in [5.41, 5.74) is 5.88. The average Bonchev–Trinajstić information content (AvgIpc) is 2.26. The molecule has 0 aliphatic heterocycles. The van der Waals surface area contributed by atoms with Gasteiger partial charge in [-0.3, -0.25) is 10.1 Å². The van der Waals surface area contributed by atoms with E-state index in [2.05, 4.69) is 0 Å². The Bertz CT molecular complexity index is 446. The van der Waals surface area contributed by atoms with Gasteiger partial charge in [0.05, 0.1) is 22.1 Å². The van der Waals surface area contributed by atoms with Gasteiger partial charge < -0.3 is 5.73 Å². The summed E-state index contributed by atoms with van der Waals surface area (Å²) in [7, 11) is 0. The zero-order chi connectivity index (χ0) is 11.3. The van der Waals surface area contributed by atoms with E-state index in [1.807, 2.05) is 6.07 Å². The predicted molar refractivity (Wildman–Crippen MR) is 55.9 cm³/mol. The number of nitrogens with zero attached hydrogens (tertiary/aromatic N) is 2. The molecule has 0 bridgehead atoms. The quantitative estimate of drug-likeness (QED) is 0.594. The molecule has 1 aromatic rings. The molecule has 0 atom stereocenters. The maximum absolute atomic E-state index is 10.7. The Kier molecular flexibility index (Phi) is 3.55. The average molecular weight is 203 g/mol. The first-order chi connectivity index (χ1) is 7.19. The lowest BCUT2D eigenvalue weighted by Crippen LogP contribution is -1.95. The van der Waals surface area contributed by atoms with Crippen molar-refractivity contribution in [3.8, 4) is 6.07 Å². The van der Waals surface area contributed by atoms with Gasteiger partial charge in [-0.1, -0.05) is 12.2 Å². The zero-order valence-corrected chi connectivity index (χ0v) is 7.88. The van der Waals surface area contributed by atoms with Gasteiger partial charge in [0, 0.05) is 12.6 Å². The number of rotatable bonds is 3. The van der Waals surface area contributed by atoms with Crippen molar-refractivity contribution < 1.29 is 4.92 Å². The topological polar surface area (TPSA) is 93.0 Å². The Balaban J connectivity index is 3.22. The zero-order valence-electron chi connectivity index (χ0n) is 7.88. The van der Waals surface area contributed by atoms with Gasteiger partial charge in [-0.2, -0.15) is 5.26 Å². The summed E-state index contributed by atoms with van der Waals surface area (Å²) in [5, 5.41) is 19.3. The lowest BCUT2D eigenvalue weighted by molar-refractivity contribution is -0.385. The summed E-state index contributed by atoms with van der Waals surface area (Å²) in [4.78, 5) is 10.2. The van der Waals surface area contributed by atoms with E-state index in [1.165, 1.54) is 18.2 Å². The Morgan fingerprint density at radius 1 is 1.60 bits per heavy atom. The number of benzene rings is 1. The maximum atomic E-state index is 10.7. The normalized spacial score (nSPS) is 10.1. The second-order valence-corrected chi connectivity index (χ2v) is 2.78. The SMILES string of the molecule is N#Cc1ccc(C=CCN)c([N+](=O)[O-])c1. The van der Waals surface area contributed by atoms with Crippen molar-refractivity contribution in [3.05, 3.63) is 45.5 Å². The fourth-order valence-corrected chi connectivity index (χ4v) is 1.11. The van der Waals surface area contributed by atoms with Crippen LogP contribution < -0.4 is 5.73 Å². The molecule has 0 spiro atoms. The van der Waals surface area contributed by atoms with Crippen LogP contribution in [0.2, 0.25) is 0 Å². The van der Waals surface area contributed by atoms with Crippen molar-refractivity contribution in [3.63, 3.8) is 0 Å². The number of hydrogen-bond acceptors (Lipinski definition) is 4. The Morgan fingerprint density at radius 2 is 2.33 bits per heavy atom. The minimum Gasteiger partial charge on any atom is -0.327 e. The summed E-state index contributed by atoms with van der Waals surface area (Å²) >= 11 is 0. The molecular weight excluding hydrogens is 194 g/mol. The van der Waals surface area contributed by atoms with Crippen molar-refractivity contribution in [2.45, 2.75) is 0 Å². The molecule has 1 aromatic carbocycles. The van der Waals surface area contributed by atoms with Crippen molar-refractivity contribution in [2.24, 2.45) is 5.73 Å². The molecule has 0 aliphatic rings. The Hall–Kier alpha value is -2.19. The standard InChI is InChI=1S/C10H9N3O2/c11-5-1-2-9-4-3-8(7-12)6-10(9)13(14)15/h1-4,6H,5,11H2. The van der Waals surface area contributed by atoms with Gasteiger partial charge in [0.2, 0.25) is 0 Å². The summed E-state index contributed by atoms with van der Waals surface area (Å²) in [6, 6.07) is 6.16. The molecule has 2 N–H and O–H groups in total. The molecule has 1 rings (SSSR count). The summed E-state index contributed by atoms with van der Waals surface area (Å²) < 4.78 is 0. The number of nitrogens with two attached hydrogens (primary N) is 1. The summed E-state index contributed by atoms with van der Waals surface area (Å²) in [6.45, 7) is 0.317. The highest BCUT2D eigenvalue weighted by molar-refractivity contribution is 5.62. The molecule has 0 fully saturated rings. The van der Waals surface area contributed by atoms with E-state index in [0.29, 0.717) is 12.1 Å². The third-order valence-corrected chi connectivity index (χ3v) is 1.79. The summed E-state index contributed by atoms with van der Waals surface area (Å²) in [6.07, 6.45) is 3.19. The molecule has 15 heavy (non-hydrogen) atoms. The van der Waals surface area contributed by atoms with Crippen LogP contribution in [-0.2, 0) is 0 Å². The van der Waals surface area contributed by atoms with E-state index in [4.69, 9.17) is 11.0 Å². The Labute approximate surface area is 86.6 Å². The highest BCUT2D eigenvalue weighted by Crippen LogP contribution is 2.21. The molecule has 0 unspecified atom stereocenters. The van der Waals surface area contributed by atoms with Gasteiger partial charge in [0.15, 0.2) is 0 Å². The van der Waals surface area contributed by atoms with Crippen molar-refractivity contribution in [2.75, 3.05) is 6.54 Å². The van der Waals surface area contributed by atoms with E-state index in [-0.39, 0.29) is 11.3 Å². The van der Waals surface area contributed by atoms with E-state index in [9.17, 15) is 10.1 Å². The van der Waals surface area contributed by atoms with Crippen molar-refractivity contribution in [1.29, 1.82) is 5.26 Å². The molecular formula is C10H9N3O2. The molecule has 0 radical (unpaired) electrons. The van der Waals surface area contributed by atoms with Crippen LogP contribution in [0.25, 0.3) is 6.08 Å². The number of nitriles is 1. The van der Waals surface area contributed by atoms with Crippen molar-refractivity contribution >= 4 is 11.8 Å². The van der Waals surface area contributed by atoms with E-state index >= 15 is 0 Å². The molecule has 0 heterocycles. The molecule has 0 aromatic heterocycles. The fraction of sp³-hybridized carbons (Fsp3) is 0.100. The largest absolute Gasteiger partial charge is 0.327 e. The molecule has 0 amide bonds. The van der Waals surface area contributed by atoms with Gasteiger partial charge in [0.25, 0.3) is 5.69 Å². The van der Waals surface area contributed by atoms with Gasteiger partial charge in [-0.15, -0.1) is 0 Å². The number of nitro benzene ring substituents is 1. The van der Waals surface area contributed by atoms with Gasteiger partial charge in [-0.25, -0.2) is 0 Å². The lowest BCUT2D eigenvalue weighted by atomic mass is 10.1.